The number of para-hydroxylation sites is 1. The number of ether oxygens (including phenoxy) is 1. The summed E-state index contributed by atoms with van der Waals surface area (Å²) in [6.45, 7) is 2.55. The Morgan fingerprint density at radius 3 is 2.74 bits per heavy atom. The molecule has 1 aromatic heterocycles. The molecule has 0 fully saturated rings. The van der Waals surface area contributed by atoms with Crippen LogP contribution < -0.4 is 10.2 Å². The first kappa shape index (κ1) is 18.6. The molecule has 0 saturated carbocycles. The third-order valence-electron chi connectivity index (χ3n) is 3.37. The Kier molecular flexibility index (Phi) is 6.53. The zero-order chi connectivity index (χ0) is 18.9. The number of aromatic nitrogens is 4. The van der Waals surface area contributed by atoms with Crippen LogP contribution in [0.5, 0.6) is 5.75 Å². The fraction of sp³-hybridized carbons (Fsp3) is 0.167. The van der Waals surface area contributed by atoms with Crippen LogP contribution in [-0.2, 0) is 4.79 Å². The summed E-state index contributed by atoms with van der Waals surface area (Å²) >= 11 is 1.23. The van der Waals surface area contributed by atoms with Crippen LogP contribution in [0.2, 0.25) is 0 Å². The lowest BCUT2D eigenvalue weighted by Gasteiger charge is -2.03. The number of hydrogen-bond donors (Lipinski definition) is 1. The molecule has 0 bridgehead atoms. The average Bonchev–Trinajstić information content (AvgIpc) is 3.17. The van der Waals surface area contributed by atoms with Crippen LogP contribution in [0.15, 0.2) is 64.9 Å². The molecule has 1 N–H and O–H groups in total. The molecule has 0 aliphatic carbocycles. The van der Waals surface area contributed by atoms with Gasteiger partial charge >= 0.3 is 0 Å². The van der Waals surface area contributed by atoms with E-state index in [0.717, 1.165) is 17.0 Å². The number of nitrogens with zero attached hydrogens (tertiary/aromatic N) is 5. The number of carbonyl (C=O) groups is 1. The molecule has 138 valence electrons. The van der Waals surface area contributed by atoms with E-state index >= 15 is 0 Å². The zero-order valence-corrected chi connectivity index (χ0v) is 15.5. The van der Waals surface area contributed by atoms with Crippen LogP contribution in [0.25, 0.3) is 5.69 Å². The first-order chi connectivity index (χ1) is 13.3. The number of tetrazole rings is 1. The Morgan fingerprint density at radius 2 is 2.00 bits per heavy atom. The van der Waals surface area contributed by atoms with Gasteiger partial charge < -0.3 is 4.74 Å². The Balaban J connectivity index is 1.50. The van der Waals surface area contributed by atoms with Crippen LogP contribution in [0.4, 0.5) is 0 Å². The fourth-order valence-electron chi connectivity index (χ4n) is 2.16. The normalized spacial score (nSPS) is 10.9. The molecule has 3 aromatic rings. The predicted molar refractivity (Wildman–Crippen MR) is 103 cm³/mol. The molecule has 0 atom stereocenters. The second kappa shape index (κ2) is 9.48. The molecule has 2 aromatic carbocycles. The summed E-state index contributed by atoms with van der Waals surface area (Å²) in [4.78, 5) is 12.0. The van der Waals surface area contributed by atoms with Crippen molar-refractivity contribution in [3.8, 4) is 11.4 Å². The molecule has 8 nitrogen and oxygen atoms in total. The maximum atomic E-state index is 12.0. The van der Waals surface area contributed by atoms with Crippen LogP contribution in [0.3, 0.4) is 0 Å². The first-order valence-corrected chi connectivity index (χ1v) is 9.26. The van der Waals surface area contributed by atoms with Gasteiger partial charge in [0.05, 0.1) is 24.3 Å². The highest BCUT2D eigenvalue weighted by Gasteiger charge is 2.10. The number of nitrogens with one attached hydrogen (secondary N) is 1. The summed E-state index contributed by atoms with van der Waals surface area (Å²) < 4.78 is 6.96. The Bertz CT molecular complexity index is 896. The quantitative estimate of drug-likeness (QED) is 0.365. The van der Waals surface area contributed by atoms with Gasteiger partial charge in [0.1, 0.15) is 5.75 Å². The van der Waals surface area contributed by atoms with Gasteiger partial charge in [-0.3, -0.25) is 4.79 Å². The molecule has 0 unspecified atom stereocenters. The second-order valence-corrected chi connectivity index (χ2v) is 6.24. The van der Waals surface area contributed by atoms with E-state index < -0.39 is 0 Å². The van der Waals surface area contributed by atoms with Crippen molar-refractivity contribution in [2.24, 2.45) is 5.10 Å². The number of hydrogen-bond acceptors (Lipinski definition) is 7. The van der Waals surface area contributed by atoms with Crippen LogP contribution in [-0.4, -0.2) is 44.7 Å². The molecule has 1 amide bonds. The lowest BCUT2D eigenvalue weighted by Crippen LogP contribution is -2.20. The van der Waals surface area contributed by atoms with Crippen molar-refractivity contribution in [1.82, 2.24) is 25.6 Å². The van der Waals surface area contributed by atoms with Crippen molar-refractivity contribution in [2.45, 2.75) is 12.1 Å². The van der Waals surface area contributed by atoms with Gasteiger partial charge in [-0.25, -0.2) is 5.43 Å². The van der Waals surface area contributed by atoms with Gasteiger partial charge in [0.15, 0.2) is 0 Å². The van der Waals surface area contributed by atoms with Gasteiger partial charge in [-0.05, 0) is 59.3 Å². The number of carbonyl (C=O) groups excluding carboxylic acids is 1. The van der Waals surface area contributed by atoms with E-state index in [0.29, 0.717) is 11.8 Å². The minimum Gasteiger partial charge on any atom is -0.494 e. The van der Waals surface area contributed by atoms with Crippen molar-refractivity contribution in [3.05, 3.63) is 60.2 Å². The van der Waals surface area contributed by atoms with E-state index in [-0.39, 0.29) is 11.7 Å². The lowest BCUT2D eigenvalue weighted by atomic mass is 10.2. The predicted octanol–water partition coefficient (Wildman–Crippen LogP) is 2.30. The maximum Gasteiger partial charge on any atom is 0.250 e. The lowest BCUT2D eigenvalue weighted by molar-refractivity contribution is -0.118. The Hall–Kier alpha value is -3.20. The van der Waals surface area contributed by atoms with Gasteiger partial charge in [0.2, 0.25) is 5.16 Å². The summed E-state index contributed by atoms with van der Waals surface area (Å²) in [6.07, 6.45) is 1.58. The van der Waals surface area contributed by atoms with Crippen LogP contribution >= 0.6 is 11.8 Å². The molecular formula is C18H18N6O2S. The van der Waals surface area contributed by atoms with E-state index in [2.05, 4.69) is 26.1 Å². The second-order valence-electron chi connectivity index (χ2n) is 5.29. The third kappa shape index (κ3) is 5.38. The number of thioether (sulfide) groups is 1. The van der Waals surface area contributed by atoms with Gasteiger partial charge in [0, 0.05) is 0 Å². The summed E-state index contributed by atoms with van der Waals surface area (Å²) in [7, 11) is 0. The van der Waals surface area contributed by atoms with Crippen molar-refractivity contribution in [3.63, 3.8) is 0 Å². The minimum absolute atomic E-state index is 0.147. The average molecular weight is 382 g/mol. The van der Waals surface area contributed by atoms with Crippen molar-refractivity contribution >= 4 is 23.9 Å². The van der Waals surface area contributed by atoms with Crippen molar-refractivity contribution in [1.29, 1.82) is 0 Å². The summed E-state index contributed by atoms with van der Waals surface area (Å²) in [5, 5.41) is 16.1. The van der Waals surface area contributed by atoms with Crippen molar-refractivity contribution in [2.75, 3.05) is 12.4 Å². The van der Waals surface area contributed by atoms with Gasteiger partial charge in [-0.2, -0.15) is 9.78 Å². The Morgan fingerprint density at radius 1 is 1.22 bits per heavy atom. The highest BCUT2D eigenvalue weighted by Crippen LogP contribution is 2.17. The number of rotatable bonds is 8. The summed E-state index contributed by atoms with van der Waals surface area (Å²) in [5.41, 5.74) is 4.19. The van der Waals surface area contributed by atoms with Gasteiger partial charge in [0.25, 0.3) is 5.91 Å². The fourth-order valence-corrected chi connectivity index (χ4v) is 2.84. The minimum atomic E-state index is -0.246. The van der Waals surface area contributed by atoms with Crippen LogP contribution in [0.1, 0.15) is 12.5 Å². The van der Waals surface area contributed by atoms with E-state index in [4.69, 9.17) is 4.74 Å². The van der Waals surface area contributed by atoms with E-state index in [1.807, 2.05) is 61.5 Å². The topological polar surface area (TPSA) is 94.3 Å². The SMILES string of the molecule is CCOc1ccc(C=NNC(=O)CSc2nnnn2-c2ccccc2)cc1. The van der Waals surface area contributed by atoms with E-state index in [1.165, 1.54) is 11.8 Å². The molecule has 0 saturated heterocycles. The van der Waals surface area contributed by atoms with Gasteiger partial charge in [-0.15, -0.1) is 5.10 Å². The molecule has 0 aliphatic heterocycles. The van der Waals surface area contributed by atoms with Crippen molar-refractivity contribution < 1.29 is 9.53 Å². The molecule has 0 spiro atoms. The molecule has 0 aliphatic rings. The highest BCUT2D eigenvalue weighted by molar-refractivity contribution is 7.99. The molecular weight excluding hydrogens is 364 g/mol. The third-order valence-corrected chi connectivity index (χ3v) is 4.29. The van der Waals surface area contributed by atoms with E-state index in [9.17, 15) is 4.79 Å². The number of benzene rings is 2. The number of hydrazone groups is 1. The maximum absolute atomic E-state index is 12.0. The molecule has 3 rings (SSSR count). The zero-order valence-electron chi connectivity index (χ0n) is 14.6. The standard InChI is InChI=1S/C18H18N6O2S/c1-2-26-16-10-8-14(9-11-16)12-19-20-17(25)13-27-18-21-22-23-24(18)15-6-4-3-5-7-15/h3-12H,2,13H2,1H3,(H,20,25). The molecule has 0 radical (unpaired) electrons. The molecule has 9 heteroatoms. The molecule has 1 heterocycles. The van der Waals surface area contributed by atoms with Crippen LogP contribution in [0, 0.1) is 0 Å². The molecule has 27 heavy (non-hydrogen) atoms. The largest absolute Gasteiger partial charge is 0.494 e. The van der Waals surface area contributed by atoms with Gasteiger partial charge in [-0.1, -0.05) is 30.0 Å². The monoisotopic (exact) mass is 382 g/mol. The highest BCUT2D eigenvalue weighted by atomic mass is 32.2. The number of amides is 1. The summed E-state index contributed by atoms with van der Waals surface area (Å²) in [5.74, 6) is 0.699. The Labute approximate surface area is 160 Å². The smallest absolute Gasteiger partial charge is 0.250 e. The van der Waals surface area contributed by atoms with E-state index in [1.54, 1.807) is 10.9 Å². The first-order valence-electron chi connectivity index (χ1n) is 8.27. The summed E-state index contributed by atoms with van der Waals surface area (Å²) in [6, 6.07) is 16.9.